The molecule has 1 amide bonds. The monoisotopic (exact) mass is 462 g/mol. The fourth-order valence-corrected chi connectivity index (χ4v) is 5.53. The van der Waals surface area contributed by atoms with Gasteiger partial charge in [-0.15, -0.1) is 0 Å². The predicted octanol–water partition coefficient (Wildman–Crippen LogP) is 4.14. The van der Waals surface area contributed by atoms with Gasteiger partial charge in [0.05, 0.1) is 24.0 Å². The Morgan fingerprint density at radius 2 is 1.81 bits per heavy atom. The maximum Gasteiger partial charge on any atom is 0.243 e. The van der Waals surface area contributed by atoms with Crippen LogP contribution < -0.4 is 10.1 Å². The number of halogens is 1. The van der Waals surface area contributed by atoms with E-state index in [0.717, 1.165) is 29.9 Å². The normalized spacial score (nSPS) is 18.3. The third-order valence-electron chi connectivity index (χ3n) is 5.75. The summed E-state index contributed by atoms with van der Waals surface area (Å²) in [6.45, 7) is 4.65. The number of carbonyl (C=O) groups excluding carboxylic acids is 1. The van der Waals surface area contributed by atoms with Crippen LogP contribution in [0.4, 0.5) is 4.39 Å². The van der Waals surface area contributed by atoms with Gasteiger partial charge in [0.2, 0.25) is 15.9 Å². The number of amides is 1. The van der Waals surface area contributed by atoms with Gasteiger partial charge in [0.1, 0.15) is 11.6 Å². The Balaban J connectivity index is 1.72. The molecule has 1 aliphatic heterocycles. The third-order valence-corrected chi connectivity index (χ3v) is 7.63. The summed E-state index contributed by atoms with van der Waals surface area (Å²) in [5, 5.41) is 3.14. The van der Waals surface area contributed by atoms with E-state index in [1.54, 1.807) is 7.11 Å². The van der Waals surface area contributed by atoms with Crippen molar-refractivity contribution in [2.75, 3.05) is 20.2 Å². The Labute approximate surface area is 189 Å². The van der Waals surface area contributed by atoms with Gasteiger partial charge >= 0.3 is 0 Å². The standard InChI is InChI=1S/C24H31FN2O4S/c1-17(2)15-23(18-6-10-21(31-3)11-7-18)26-24(28)19-5-4-14-27(16-19)32(29,30)22-12-8-20(25)9-13-22/h6-13,17,19,23H,4-5,14-16H2,1-3H3,(H,26,28). The fraction of sp³-hybridized carbons (Fsp3) is 0.458. The fourth-order valence-electron chi connectivity index (χ4n) is 4.01. The predicted molar refractivity (Wildman–Crippen MR) is 121 cm³/mol. The van der Waals surface area contributed by atoms with Crippen molar-refractivity contribution >= 4 is 15.9 Å². The molecule has 1 aliphatic rings. The lowest BCUT2D eigenvalue weighted by molar-refractivity contribution is -0.127. The van der Waals surface area contributed by atoms with Crippen molar-refractivity contribution in [2.24, 2.45) is 11.8 Å². The highest BCUT2D eigenvalue weighted by Gasteiger charge is 2.34. The van der Waals surface area contributed by atoms with Gasteiger partial charge in [-0.05, 0) is 67.1 Å². The van der Waals surface area contributed by atoms with Crippen LogP contribution in [0.5, 0.6) is 5.75 Å². The highest BCUT2D eigenvalue weighted by Crippen LogP contribution is 2.27. The quantitative estimate of drug-likeness (QED) is 0.640. The molecular weight excluding hydrogens is 431 g/mol. The summed E-state index contributed by atoms with van der Waals surface area (Å²) in [5.41, 5.74) is 0.986. The van der Waals surface area contributed by atoms with Crippen LogP contribution in [0, 0.1) is 17.7 Å². The smallest absolute Gasteiger partial charge is 0.243 e. The number of ether oxygens (including phenoxy) is 1. The van der Waals surface area contributed by atoms with Gasteiger partial charge in [0.25, 0.3) is 0 Å². The molecule has 32 heavy (non-hydrogen) atoms. The first kappa shape index (κ1) is 24.2. The van der Waals surface area contributed by atoms with Crippen LogP contribution in [-0.2, 0) is 14.8 Å². The first-order valence-electron chi connectivity index (χ1n) is 10.9. The molecule has 3 rings (SSSR count). The summed E-state index contributed by atoms with van der Waals surface area (Å²) in [6, 6.07) is 12.2. The molecule has 6 nitrogen and oxygen atoms in total. The number of rotatable bonds is 8. The maximum atomic E-state index is 13.2. The Morgan fingerprint density at radius 3 is 2.41 bits per heavy atom. The molecule has 1 N–H and O–H groups in total. The molecule has 0 saturated carbocycles. The SMILES string of the molecule is COc1ccc(C(CC(C)C)NC(=O)C2CCCN(S(=O)(=O)c3ccc(F)cc3)C2)cc1. The second-order valence-electron chi connectivity index (χ2n) is 8.62. The van der Waals surface area contributed by atoms with Gasteiger partial charge in [-0.1, -0.05) is 26.0 Å². The minimum Gasteiger partial charge on any atom is -0.497 e. The molecule has 2 unspecified atom stereocenters. The lowest BCUT2D eigenvalue weighted by Crippen LogP contribution is -2.46. The van der Waals surface area contributed by atoms with Crippen LogP contribution in [0.15, 0.2) is 53.4 Å². The van der Waals surface area contributed by atoms with Gasteiger partial charge in [-0.2, -0.15) is 4.31 Å². The molecule has 1 fully saturated rings. The van der Waals surface area contributed by atoms with Crippen LogP contribution in [0.2, 0.25) is 0 Å². The van der Waals surface area contributed by atoms with Crippen LogP contribution in [0.1, 0.15) is 44.7 Å². The van der Waals surface area contributed by atoms with Crippen molar-refractivity contribution in [3.63, 3.8) is 0 Å². The van der Waals surface area contributed by atoms with E-state index in [2.05, 4.69) is 19.2 Å². The van der Waals surface area contributed by atoms with Crippen molar-refractivity contribution in [1.29, 1.82) is 0 Å². The molecule has 8 heteroatoms. The van der Waals surface area contributed by atoms with E-state index in [0.29, 0.717) is 25.3 Å². The van der Waals surface area contributed by atoms with Crippen molar-refractivity contribution in [3.05, 3.63) is 59.9 Å². The summed E-state index contributed by atoms with van der Waals surface area (Å²) in [6.07, 6.45) is 1.98. The third kappa shape index (κ3) is 5.86. The van der Waals surface area contributed by atoms with Crippen molar-refractivity contribution in [1.82, 2.24) is 9.62 Å². The molecule has 2 aromatic carbocycles. The van der Waals surface area contributed by atoms with Crippen LogP contribution in [0.25, 0.3) is 0 Å². The zero-order valence-corrected chi connectivity index (χ0v) is 19.6. The summed E-state index contributed by atoms with van der Waals surface area (Å²) in [7, 11) is -2.17. The lowest BCUT2D eigenvalue weighted by atomic mass is 9.94. The molecule has 2 aromatic rings. The molecule has 174 valence electrons. The van der Waals surface area contributed by atoms with E-state index in [-0.39, 0.29) is 23.4 Å². The average molecular weight is 463 g/mol. The van der Waals surface area contributed by atoms with Crippen LogP contribution >= 0.6 is 0 Å². The number of benzene rings is 2. The van der Waals surface area contributed by atoms with Gasteiger partial charge in [0.15, 0.2) is 0 Å². The van der Waals surface area contributed by atoms with E-state index >= 15 is 0 Å². The Kier molecular flexibility index (Phi) is 7.90. The summed E-state index contributed by atoms with van der Waals surface area (Å²) >= 11 is 0. The number of hydrogen-bond donors (Lipinski definition) is 1. The molecule has 0 aromatic heterocycles. The Hall–Kier alpha value is -2.45. The number of hydrogen-bond acceptors (Lipinski definition) is 4. The highest BCUT2D eigenvalue weighted by molar-refractivity contribution is 7.89. The van der Waals surface area contributed by atoms with E-state index in [9.17, 15) is 17.6 Å². The van der Waals surface area contributed by atoms with E-state index < -0.39 is 21.8 Å². The molecule has 0 spiro atoms. The number of nitrogens with one attached hydrogen (secondary N) is 1. The molecular formula is C24H31FN2O4S. The maximum absolute atomic E-state index is 13.2. The largest absolute Gasteiger partial charge is 0.497 e. The zero-order valence-electron chi connectivity index (χ0n) is 18.8. The molecule has 2 atom stereocenters. The van der Waals surface area contributed by atoms with Crippen molar-refractivity contribution < 1.29 is 22.3 Å². The van der Waals surface area contributed by atoms with Gasteiger partial charge in [0, 0.05) is 13.1 Å². The minimum absolute atomic E-state index is 0.0378. The minimum atomic E-state index is -3.78. The average Bonchev–Trinajstić information content (AvgIpc) is 2.78. The van der Waals surface area contributed by atoms with Crippen molar-refractivity contribution in [3.8, 4) is 5.75 Å². The van der Waals surface area contributed by atoms with Gasteiger partial charge in [-0.25, -0.2) is 12.8 Å². The summed E-state index contributed by atoms with van der Waals surface area (Å²) in [5.74, 6) is 0.0355. The molecule has 1 heterocycles. The van der Waals surface area contributed by atoms with E-state index in [1.165, 1.54) is 16.4 Å². The number of piperidine rings is 1. The summed E-state index contributed by atoms with van der Waals surface area (Å²) in [4.78, 5) is 13.2. The van der Waals surface area contributed by atoms with Crippen LogP contribution in [-0.4, -0.2) is 38.8 Å². The van der Waals surface area contributed by atoms with Crippen molar-refractivity contribution in [2.45, 2.75) is 44.0 Å². The molecule has 0 radical (unpaired) electrons. The number of methoxy groups -OCH3 is 1. The second-order valence-corrected chi connectivity index (χ2v) is 10.6. The number of nitrogens with zero attached hydrogens (tertiary/aromatic N) is 1. The summed E-state index contributed by atoms with van der Waals surface area (Å²) < 4.78 is 45.7. The van der Waals surface area contributed by atoms with E-state index in [4.69, 9.17) is 4.74 Å². The van der Waals surface area contributed by atoms with Gasteiger partial charge < -0.3 is 10.1 Å². The topological polar surface area (TPSA) is 75.7 Å². The molecule has 0 aliphatic carbocycles. The zero-order chi connectivity index (χ0) is 23.3. The second kappa shape index (κ2) is 10.4. The lowest BCUT2D eigenvalue weighted by Gasteiger charge is -2.32. The molecule has 0 bridgehead atoms. The number of carbonyl (C=O) groups is 1. The highest BCUT2D eigenvalue weighted by atomic mass is 32.2. The van der Waals surface area contributed by atoms with E-state index in [1.807, 2.05) is 24.3 Å². The molecule has 1 saturated heterocycles. The van der Waals surface area contributed by atoms with Crippen LogP contribution in [0.3, 0.4) is 0 Å². The van der Waals surface area contributed by atoms with Gasteiger partial charge in [-0.3, -0.25) is 4.79 Å². The first-order valence-corrected chi connectivity index (χ1v) is 12.3. The number of sulfonamides is 1. The first-order chi connectivity index (χ1) is 15.2. The Morgan fingerprint density at radius 1 is 1.16 bits per heavy atom. The Bertz CT molecular complexity index is 1010.